The summed E-state index contributed by atoms with van der Waals surface area (Å²) in [7, 11) is 1.35. The van der Waals surface area contributed by atoms with Crippen LogP contribution >= 0.6 is 0 Å². The summed E-state index contributed by atoms with van der Waals surface area (Å²) in [6.45, 7) is 10.6. The molecule has 0 saturated heterocycles. The predicted molar refractivity (Wildman–Crippen MR) is 148 cm³/mol. The highest BCUT2D eigenvalue weighted by Gasteiger charge is 2.82. The normalized spacial score (nSPS) is 49.5. The average molecular weight is 575 g/mol. The summed E-state index contributed by atoms with van der Waals surface area (Å²) in [5, 5.41) is 36.8. The Morgan fingerprint density at radius 1 is 1.15 bits per heavy atom. The fourth-order valence-electron chi connectivity index (χ4n) is 10.8. The van der Waals surface area contributed by atoms with Crippen molar-refractivity contribution >= 4 is 17.9 Å². The van der Waals surface area contributed by atoms with Crippen LogP contribution in [0.4, 0.5) is 0 Å². The summed E-state index contributed by atoms with van der Waals surface area (Å²) in [5.74, 6) is -2.93. The lowest BCUT2D eigenvalue weighted by Crippen LogP contribution is -2.80. The summed E-state index contributed by atoms with van der Waals surface area (Å²) in [6, 6.07) is 0. The van der Waals surface area contributed by atoms with E-state index in [1.807, 2.05) is 27.7 Å². The van der Waals surface area contributed by atoms with Gasteiger partial charge in [-0.1, -0.05) is 38.5 Å². The number of methoxy groups -OCH3 is 1. The first-order chi connectivity index (χ1) is 19.0. The molecule has 0 aromatic heterocycles. The first-order valence-electron chi connectivity index (χ1n) is 14.9. The van der Waals surface area contributed by atoms with Crippen LogP contribution in [0.5, 0.6) is 0 Å². The first-order valence-corrected chi connectivity index (χ1v) is 14.9. The molecule has 3 saturated carbocycles. The van der Waals surface area contributed by atoms with Crippen LogP contribution in [0, 0.1) is 38.9 Å². The zero-order chi connectivity index (χ0) is 30.4. The van der Waals surface area contributed by atoms with Gasteiger partial charge in [-0.3, -0.25) is 9.59 Å². The minimum absolute atomic E-state index is 0.247. The molecule has 228 valence electrons. The van der Waals surface area contributed by atoms with E-state index in [1.54, 1.807) is 13.0 Å². The van der Waals surface area contributed by atoms with Gasteiger partial charge in [-0.05, 0) is 69.1 Å². The monoisotopic (exact) mass is 574 g/mol. The lowest BCUT2D eigenvalue weighted by atomic mass is 9.29. The predicted octanol–water partition coefficient (Wildman–Crippen LogP) is 3.24. The van der Waals surface area contributed by atoms with E-state index in [1.165, 1.54) is 20.1 Å². The molecular formula is C32H46O9. The van der Waals surface area contributed by atoms with Crippen molar-refractivity contribution in [3.8, 4) is 0 Å². The molecule has 0 aromatic carbocycles. The molecule has 4 aliphatic carbocycles. The summed E-state index contributed by atoms with van der Waals surface area (Å²) in [4.78, 5) is 39.3. The van der Waals surface area contributed by atoms with Gasteiger partial charge in [-0.25, -0.2) is 4.79 Å². The summed E-state index contributed by atoms with van der Waals surface area (Å²) >= 11 is 0. The second-order valence-corrected chi connectivity index (χ2v) is 14.4. The summed E-state index contributed by atoms with van der Waals surface area (Å²) in [6.07, 6.45) is 4.30. The molecule has 0 bridgehead atoms. The van der Waals surface area contributed by atoms with Crippen molar-refractivity contribution in [2.24, 2.45) is 38.9 Å². The van der Waals surface area contributed by atoms with E-state index in [0.717, 1.165) is 5.57 Å². The minimum atomic E-state index is -1.45. The molecule has 1 heterocycles. The third kappa shape index (κ3) is 3.54. The number of hydrogen-bond donors (Lipinski definition) is 3. The Kier molecular flexibility index (Phi) is 6.92. The van der Waals surface area contributed by atoms with Crippen LogP contribution in [0.25, 0.3) is 0 Å². The molecule has 0 amide bonds. The molecule has 5 aliphatic rings. The molecule has 0 aromatic rings. The Hall–Kier alpha value is -2.23. The molecule has 3 fully saturated rings. The van der Waals surface area contributed by atoms with Crippen molar-refractivity contribution in [1.82, 2.24) is 0 Å². The smallest absolute Gasteiger partial charge is 0.330 e. The third-order valence-electron chi connectivity index (χ3n) is 12.7. The van der Waals surface area contributed by atoms with Gasteiger partial charge in [0, 0.05) is 24.3 Å². The molecule has 9 heteroatoms. The van der Waals surface area contributed by atoms with Gasteiger partial charge in [-0.2, -0.15) is 0 Å². The maximum atomic E-state index is 14.2. The molecule has 3 N–H and O–H groups in total. The number of rotatable bonds is 3. The van der Waals surface area contributed by atoms with E-state index in [9.17, 15) is 29.7 Å². The molecule has 5 rings (SSSR count). The molecular weight excluding hydrogens is 528 g/mol. The summed E-state index contributed by atoms with van der Waals surface area (Å²) in [5.41, 5.74) is -5.49. The average Bonchev–Trinajstić information content (AvgIpc) is 3.07. The molecule has 0 spiro atoms. The zero-order valence-electron chi connectivity index (χ0n) is 25.4. The van der Waals surface area contributed by atoms with Crippen molar-refractivity contribution < 1.29 is 43.9 Å². The maximum absolute atomic E-state index is 14.2. The third-order valence-corrected chi connectivity index (χ3v) is 12.7. The molecule has 41 heavy (non-hydrogen) atoms. The van der Waals surface area contributed by atoms with Crippen molar-refractivity contribution in [1.29, 1.82) is 0 Å². The zero-order valence-corrected chi connectivity index (χ0v) is 25.4. The van der Waals surface area contributed by atoms with E-state index in [2.05, 4.69) is 6.08 Å². The lowest BCUT2D eigenvalue weighted by molar-refractivity contribution is -0.335. The summed E-state index contributed by atoms with van der Waals surface area (Å²) < 4.78 is 16.9. The van der Waals surface area contributed by atoms with E-state index in [4.69, 9.17) is 14.2 Å². The molecule has 1 aliphatic heterocycles. The van der Waals surface area contributed by atoms with Gasteiger partial charge in [0.2, 0.25) is 0 Å². The van der Waals surface area contributed by atoms with Crippen LogP contribution < -0.4 is 0 Å². The Bertz CT molecular complexity index is 1210. The highest BCUT2D eigenvalue weighted by molar-refractivity contribution is 5.83. The van der Waals surface area contributed by atoms with Crippen LogP contribution in [0.1, 0.15) is 80.1 Å². The largest absolute Gasteiger partial charge is 0.468 e. The lowest BCUT2D eigenvalue weighted by Gasteiger charge is -2.75. The van der Waals surface area contributed by atoms with Gasteiger partial charge in [0.25, 0.3) is 0 Å². The molecule has 11 atom stereocenters. The molecule has 0 unspecified atom stereocenters. The topological polar surface area (TPSA) is 140 Å². The van der Waals surface area contributed by atoms with Crippen molar-refractivity contribution in [2.75, 3.05) is 13.7 Å². The highest BCUT2D eigenvalue weighted by atomic mass is 16.6. The number of cyclic esters (lactones) is 1. The van der Waals surface area contributed by atoms with E-state index in [0.29, 0.717) is 38.5 Å². The van der Waals surface area contributed by atoms with Crippen molar-refractivity contribution in [3.63, 3.8) is 0 Å². The Labute approximate surface area is 242 Å². The van der Waals surface area contributed by atoms with Crippen LogP contribution in [0.3, 0.4) is 0 Å². The van der Waals surface area contributed by atoms with Crippen LogP contribution in [0.15, 0.2) is 23.8 Å². The number of esters is 3. The fraction of sp³-hybridized carbons (Fsp3) is 0.781. The number of carbonyl (C=O) groups is 3. The van der Waals surface area contributed by atoms with Gasteiger partial charge < -0.3 is 29.5 Å². The van der Waals surface area contributed by atoms with Gasteiger partial charge in [-0.15, -0.1) is 0 Å². The Morgan fingerprint density at radius 2 is 1.83 bits per heavy atom. The van der Waals surface area contributed by atoms with E-state index in [-0.39, 0.29) is 6.61 Å². The number of aliphatic hydroxyl groups excluding tert-OH is 2. The van der Waals surface area contributed by atoms with E-state index >= 15 is 0 Å². The first kappa shape index (κ1) is 30.2. The maximum Gasteiger partial charge on any atom is 0.330 e. The number of fused-ring (bicyclic) bond motifs is 7. The quantitative estimate of drug-likeness (QED) is 0.263. The Balaban J connectivity index is 1.79. The second-order valence-electron chi connectivity index (χ2n) is 14.4. The van der Waals surface area contributed by atoms with Gasteiger partial charge >= 0.3 is 17.9 Å². The van der Waals surface area contributed by atoms with Gasteiger partial charge in [0.1, 0.15) is 18.1 Å². The second kappa shape index (κ2) is 9.38. The SMILES string of the molecule is COC(=O)[C@]12CC[C@@]3(C)[C@@H]4C=CC(=O)OC[C@]4([C@@H](C)O)[C@@H](OC(C)=O)[C@@H](O)[C@@H]3[C@@]1(C)CC[C@@]1(C)CC=C(C)C[C@]12O. The van der Waals surface area contributed by atoms with Crippen molar-refractivity contribution in [3.05, 3.63) is 23.8 Å². The molecule has 9 nitrogen and oxygen atoms in total. The van der Waals surface area contributed by atoms with Gasteiger partial charge in [0.15, 0.2) is 0 Å². The van der Waals surface area contributed by atoms with Crippen molar-refractivity contribution in [2.45, 2.75) is 104 Å². The number of allylic oxidation sites excluding steroid dienone is 2. The Morgan fingerprint density at radius 3 is 2.44 bits per heavy atom. The fourth-order valence-corrected chi connectivity index (χ4v) is 10.8. The number of ether oxygens (including phenoxy) is 3. The van der Waals surface area contributed by atoms with Crippen LogP contribution in [-0.4, -0.2) is 70.9 Å². The van der Waals surface area contributed by atoms with E-state index < -0.39 is 80.7 Å². The number of hydrogen-bond acceptors (Lipinski definition) is 9. The highest BCUT2D eigenvalue weighted by Crippen LogP contribution is 2.78. The standard InChI is InChI=1S/C32H46O9/c1-18-10-11-27(4)12-14-29(6)24-23(36)25(41-20(3)34)30(19(2)33)17-40-22(35)9-8-21(30)28(24,5)13-15-31(29,26(37)39-7)32(27,38)16-18/h8-10,19,21,23-25,33,36,38H,11-17H2,1-7H3/t19-,21+,23+,24+,25+,27-,28+,29-,30-,31-,32+/m1/s1. The molecule has 0 radical (unpaired) electrons. The number of aliphatic hydroxyl groups is 3. The van der Waals surface area contributed by atoms with Crippen LogP contribution in [0.2, 0.25) is 0 Å². The van der Waals surface area contributed by atoms with Gasteiger partial charge in [0.05, 0.1) is 30.3 Å². The van der Waals surface area contributed by atoms with Crippen LogP contribution in [-0.2, 0) is 28.6 Å². The minimum Gasteiger partial charge on any atom is -0.468 e. The number of carbonyl (C=O) groups excluding carboxylic acids is 3.